The van der Waals surface area contributed by atoms with Crippen molar-refractivity contribution in [1.29, 1.82) is 0 Å². The van der Waals surface area contributed by atoms with Crippen molar-refractivity contribution in [3.8, 4) is 0 Å². The molecule has 0 aliphatic carbocycles. The van der Waals surface area contributed by atoms with Crippen LogP contribution in [0.4, 0.5) is 10.1 Å². The second-order valence-corrected chi connectivity index (χ2v) is 6.98. The molecule has 0 fully saturated rings. The maximum atomic E-state index is 12.7. The molecule has 0 amide bonds. The van der Waals surface area contributed by atoms with Crippen LogP contribution >= 0.6 is 11.3 Å². The molecule has 0 bridgehead atoms. The molecule has 20 heavy (non-hydrogen) atoms. The van der Waals surface area contributed by atoms with E-state index >= 15 is 0 Å². The average Bonchev–Trinajstić information content (AvgIpc) is 2.80. The van der Waals surface area contributed by atoms with Crippen LogP contribution in [0.5, 0.6) is 0 Å². The van der Waals surface area contributed by atoms with E-state index < -0.39 is 21.8 Å². The Bertz CT molecular complexity index is 722. The highest BCUT2D eigenvalue weighted by molar-refractivity contribution is 7.94. The van der Waals surface area contributed by atoms with Crippen molar-refractivity contribution in [2.75, 3.05) is 4.72 Å². The first-order valence-corrected chi connectivity index (χ1v) is 7.76. The number of carboxylic acid groups (broad SMARTS) is 1. The first-order valence-electron chi connectivity index (χ1n) is 5.46. The zero-order chi connectivity index (χ0) is 14.8. The number of thiophene rings is 1. The highest BCUT2D eigenvalue weighted by Crippen LogP contribution is 2.24. The number of halogens is 1. The molecule has 1 aromatic heterocycles. The maximum absolute atomic E-state index is 12.7. The van der Waals surface area contributed by atoms with Gasteiger partial charge in [0, 0.05) is 10.6 Å². The van der Waals surface area contributed by atoms with Gasteiger partial charge in [0.15, 0.2) is 0 Å². The summed E-state index contributed by atoms with van der Waals surface area (Å²) in [5.41, 5.74) is 0.236. The van der Waals surface area contributed by atoms with Gasteiger partial charge in [-0.1, -0.05) is 0 Å². The van der Waals surface area contributed by atoms with Gasteiger partial charge in [-0.25, -0.2) is 12.8 Å². The SMILES string of the molecule is O=C(O)Cc1ccc(S(=O)(=O)Nc2ccc(F)cc2)s1. The molecule has 0 unspecified atom stereocenters. The molecular formula is C12H10FNO4S2. The van der Waals surface area contributed by atoms with Crippen LogP contribution in [0, 0.1) is 5.82 Å². The average molecular weight is 315 g/mol. The molecule has 1 heterocycles. The van der Waals surface area contributed by atoms with Crippen molar-refractivity contribution in [3.05, 3.63) is 47.1 Å². The van der Waals surface area contributed by atoms with Gasteiger partial charge < -0.3 is 5.11 Å². The summed E-state index contributed by atoms with van der Waals surface area (Å²) in [7, 11) is -3.79. The summed E-state index contributed by atoms with van der Waals surface area (Å²) < 4.78 is 39.1. The maximum Gasteiger partial charge on any atom is 0.308 e. The molecule has 0 saturated heterocycles. The Hall–Kier alpha value is -1.93. The Morgan fingerprint density at radius 3 is 2.45 bits per heavy atom. The number of carboxylic acids is 1. The molecule has 0 aliphatic rings. The van der Waals surface area contributed by atoms with Crippen LogP contribution < -0.4 is 4.72 Å². The van der Waals surface area contributed by atoms with Crippen molar-refractivity contribution in [2.45, 2.75) is 10.6 Å². The fourth-order valence-electron chi connectivity index (χ4n) is 1.47. The monoisotopic (exact) mass is 315 g/mol. The molecule has 2 N–H and O–H groups in total. The van der Waals surface area contributed by atoms with E-state index in [0.29, 0.717) is 4.88 Å². The zero-order valence-corrected chi connectivity index (χ0v) is 11.7. The molecule has 5 nitrogen and oxygen atoms in total. The molecule has 106 valence electrons. The van der Waals surface area contributed by atoms with E-state index in [9.17, 15) is 17.6 Å². The molecule has 0 saturated carbocycles. The number of aliphatic carboxylic acids is 1. The predicted octanol–water partition coefficient (Wildman–Crippen LogP) is 2.32. The number of rotatable bonds is 5. The van der Waals surface area contributed by atoms with Gasteiger partial charge in [-0.15, -0.1) is 11.3 Å². The minimum Gasteiger partial charge on any atom is -0.481 e. The summed E-state index contributed by atoms with van der Waals surface area (Å²) in [6.45, 7) is 0. The van der Waals surface area contributed by atoms with Gasteiger partial charge in [-0.3, -0.25) is 9.52 Å². The number of carbonyl (C=O) groups is 1. The van der Waals surface area contributed by atoms with Gasteiger partial charge in [0.05, 0.1) is 6.42 Å². The normalized spacial score (nSPS) is 11.2. The fourth-order valence-corrected chi connectivity index (χ4v) is 3.88. The van der Waals surface area contributed by atoms with Crippen LogP contribution in [0.2, 0.25) is 0 Å². The summed E-state index contributed by atoms with van der Waals surface area (Å²) in [5, 5.41) is 8.65. The first-order chi connectivity index (χ1) is 9.37. The number of hydrogen-bond acceptors (Lipinski definition) is 4. The Kier molecular flexibility index (Phi) is 4.05. The second kappa shape index (κ2) is 5.59. The van der Waals surface area contributed by atoms with E-state index in [1.807, 2.05) is 0 Å². The van der Waals surface area contributed by atoms with Crippen LogP contribution in [0.1, 0.15) is 4.88 Å². The van der Waals surface area contributed by atoms with Crippen LogP contribution in [0.15, 0.2) is 40.6 Å². The minimum atomic E-state index is -3.79. The van der Waals surface area contributed by atoms with E-state index in [1.165, 1.54) is 24.3 Å². The smallest absolute Gasteiger partial charge is 0.308 e. The molecule has 8 heteroatoms. The third kappa shape index (κ3) is 3.55. The van der Waals surface area contributed by atoms with E-state index in [4.69, 9.17) is 5.11 Å². The molecule has 0 spiro atoms. The topological polar surface area (TPSA) is 83.5 Å². The Balaban J connectivity index is 2.19. The quantitative estimate of drug-likeness (QED) is 0.887. The standard InChI is InChI=1S/C12H10FNO4S2/c13-8-1-3-9(4-2-8)14-20(17,18)12-6-5-10(19-12)7-11(15)16/h1-6,14H,7H2,(H,15,16). The van der Waals surface area contributed by atoms with Crippen molar-refractivity contribution in [1.82, 2.24) is 0 Å². The number of hydrogen-bond donors (Lipinski definition) is 2. The Morgan fingerprint density at radius 1 is 1.20 bits per heavy atom. The van der Waals surface area contributed by atoms with Crippen molar-refractivity contribution < 1.29 is 22.7 Å². The van der Waals surface area contributed by atoms with Crippen LogP contribution in [-0.4, -0.2) is 19.5 Å². The van der Waals surface area contributed by atoms with Crippen LogP contribution in [0.25, 0.3) is 0 Å². The molecule has 0 radical (unpaired) electrons. The van der Waals surface area contributed by atoms with Gasteiger partial charge in [0.2, 0.25) is 0 Å². The van der Waals surface area contributed by atoms with Gasteiger partial charge in [0.25, 0.3) is 10.0 Å². The third-order valence-electron chi connectivity index (χ3n) is 2.32. The number of benzene rings is 1. The largest absolute Gasteiger partial charge is 0.481 e. The van der Waals surface area contributed by atoms with Gasteiger partial charge >= 0.3 is 5.97 Å². The summed E-state index contributed by atoms with van der Waals surface area (Å²) >= 11 is 0.885. The summed E-state index contributed by atoms with van der Waals surface area (Å²) in [6, 6.07) is 7.69. The molecule has 2 rings (SSSR count). The Morgan fingerprint density at radius 2 is 1.85 bits per heavy atom. The van der Waals surface area contributed by atoms with Crippen molar-refractivity contribution in [2.24, 2.45) is 0 Å². The van der Waals surface area contributed by atoms with Crippen molar-refractivity contribution in [3.63, 3.8) is 0 Å². The first kappa shape index (κ1) is 14.5. The minimum absolute atomic E-state index is 0.0121. The summed E-state index contributed by atoms with van der Waals surface area (Å²) in [5.74, 6) is -1.49. The molecule has 1 aromatic carbocycles. The lowest BCUT2D eigenvalue weighted by Crippen LogP contribution is -2.11. The van der Waals surface area contributed by atoms with Gasteiger partial charge in [-0.2, -0.15) is 0 Å². The van der Waals surface area contributed by atoms with Gasteiger partial charge in [-0.05, 0) is 36.4 Å². The fraction of sp³-hybridized carbons (Fsp3) is 0.0833. The predicted molar refractivity (Wildman–Crippen MR) is 72.9 cm³/mol. The Labute approximate surface area is 118 Å². The number of sulfonamides is 1. The number of anilines is 1. The highest BCUT2D eigenvalue weighted by atomic mass is 32.2. The summed E-state index contributed by atoms with van der Waals surface area (Å²) in [6.07, 6.45) is -0.225. The molecule has 2 aromatic rings. The van der Waals surface area contributed by atoms with E-state index in [0.717, 1.165) is 23.5 Å². The zero-order valence-electron chi connectivity index (χ0n) is 10.0. The molecule has 0 aliphatic heterocycles. The molecule has 0 atom stereocenters. The van der Waals surface area contributed by atoms with Crippen LogP contribution in [-0.2, 0) is 21.2 Å². The van der Waals surface area contributed by atoms with E-state index in [-0.39, 0.29) is 16.3 Å². The third-order valence-corrected chi connectivity index (χ3v) is 5.28. The number of nitrogens with one attached hydrogen (secondary N) is 1. The second-order valence-electron chi connectivity index (χ2n) is 3.90. The van der Waals surface area contributed by atoms with Crippen LogP contribution in [0.3, 0.4) is 0 Å². The van der Waals surface area contributed by atoms with Gasteiger partial charge in [0.1, 0.15) is 10.0 Å². The lowest BCUT2D eigenvalue weighted by atomic mass is 10.3. The van der Waals surface area contributed by atoms with E-state index in [2.05, 4.69) is 4.72 Å². The lowest BCUT2D eigenvalue weighted by molar-refractivity contribution is -0.136. The van der Waals surface area contributed by atoms with Crippen molar-refractivity contribution >= 4 is 33.0 Å². The summed E-state index contributed by atoms with van der Waals surface area (Å²) in [4.78, 5) is 11.0. The van der Waals surface area contributed by atoms with E-state index in [1.54, 1.807) is 0 Å². The molecular weight excluding hydrogens is 305 g/mol. The lowest BCUT2D eigenvalue weighted by Gasteiger charge is -2.05. The highest BCUT2D eigenvalue weighted by Gasteiger charge is 2.17.